The average Bonchev–Trinajstić information content (AvgIpc) is 3.44. The third-order valence-corrected chi connectivity index (χ3v) is 7.91. The zero-order valence-corrected chi connectivity index (χ0v) is 22.8. The van der Waals surface area contributed by atoms with E-state index in [-0.39, 0.29) is 23.9 Å². The Bertz CT molecular complexity index is 1690. The maximum atomic E-state index is 13.6. The fraction of sp³-hybridized carbons (Fsp3) is 0.133. The second-order valence-electron chi connectivity index (χ2n) is 9.30. The molecular weight excluding hydrogens is 546 g/mol. The molecule has 4 aromatic carbocycles. The second kappa shape index (κ2) is 11.6. The number of sulfonamides is 1. The first kappa shape index (κ1) is 27.5. The Kier molecular flexibility index (Phi) is 7.79. The van der Waals surface area contributed by atoms with Gasteiger partial charge in [-0.1, -0.05) is 60.7 Å². The Labute approximate surface area is 237 Å². The van der Waals surface area contributed by atoms with Crippen LogP contribution in [0.15, 0.2) is 102 Å². The molecule has 0 spiro atoms. The largest absolute Gasteiger partial charge is 0.508 e. The smallest absolute Gasteiger partial charge is 0.329 e. The number of hydrogen-bond acceptors (Lipinski definition) is 7. The number of urea groups is 1. The van der Waals surface area contributed by atoms with E-state index >= 15 is 0 Å². The van der Waals surface area contributed by atoms with E-state index in [1.165, 1.54) is 29.2 Å². The van der Waals surface area contributed by atoms with Crippen molar-refractivity contribution in [2.75, 3.05) is 18.7 Å². The number of amides is 3. The molecule has 1 atom stereocenters. The third-order valence-electron chi connectivity index (χ3n) is 6.52. The van der Waals surface area contributed by atoms with Crippen molar-refractivity contribution >= 4 is 27.6 Å². The van der Waals surface area contributed by atoms with Crippen molar-refractivity contribution < 1.29 is 32.6 Å². The lowest BCUT2D eigenvalue weighted by Gasteiger charge is -2.25. The summed E-state index contributed by atoms with van der Waals surface area (Å²) in [6.07, 6.45) is 0.113. The van der Waals surface area contributed by atoms with E-state index in [0.717, 1.165) is 5.56 Å². The monoisotopic (exact) mass is 573 g/mol. The minimum absolute atomic E-state index is 0.0331. The molecule has 3 N–H and O–H groups in total. The molecule has 0 bridgehead atoms. The van der Waals surface area contributed by atoms with Crippen LogP contribution < -0.4 is 24.4 Å². The normalized spacial score (nSPS) is 12.8. The lowest BCUT2D eigenvalue weighted by molar-refractivity contribution is -0.120. The fourth-order valence-corrected chi connectivity index (χ4v) is 5.63. The van der Waals surface area contributed by atoms with E-state index in [2.05, 4.69) is 5.32 Å². The first-order valence-electron chi connectivity index (χ1n) is 12.6. The fourth-order valence-electron chi connectivity index (χ4n) is 4.48. The predicted molar refractivity (Wildman–Crippen MR) is 152 cm³/mol. The quantitative estimate of drug-likeness (QED) is 0.290. The van der Waals surface area contributed by atoms with Crippen LogP contribution in [-0.4, -0.2) is 45.3 Å². The number of aromatic hydroxyl groups is 1. The Morgan fingerprint density at radius 2 is 1.63 bits per heavy atom. The predicted octanol–water partition coefficient (Wildman–Crippen LogP) is 4.05. The Morgan fingerprint density at radius 1 is 0.902 bits per heavy atom. The molecule has 0 aromatic heterocycles. The molecule has 1 aliphatic rings. The van der Waals surface area contributed by atoms with Gasteiger partial charge in [-0.3, -0.25) is 4.79 Å². The minimum atomic E-state index is -4.37. The van der Waals surface area contributed by atoms with Crippen molar-refractivity contribution in [1.82, 2.24) is 10.0 Å². The number of benzene rings is 4. The van der Waals surface area contributed by atoms with Gasteiger partial charge in [0.15, 0.2) is 11.5 Å². The van der Waals surface area contributed by atoms with Crippen LogP contribution in [0.4, 0.5) is 10.5 Å². The highest BCUT2D eigenvalue weighted by molar-refractivity contribution is 7.90. The number of nitrogens with zero attached hydrogens (tertiary/aromatic N) is 1. The Hall–Kier alpha value is -5.03. The molecule has 1 aliphatic heterocycles. The van der Waals surface area contributed by atoms with Crippen LogP contribution in [0.5, 0.6) is 17.2 Å². The number of phenolic OH excluding ortho intramolecular Hbond substituents is 1. The lowest BCUT2D eigenvalue weighted by Crippen LogP contribution is -2.52. The van der Waals surface area contributed by atoms with Gasteiger partial charge in [0.05, 0.1) is 4.90 Å². The van der Waals surface area contributed by atoms with Crippen LogP contribution in [-0.2, 0) is 21.2 Å². The van der Waals surface area contributed by atoms with Gasteiger partial charge in [-0.2, -0.15) is 0 Å². The van der Waals surface area contributed by atoms with Crippen LogP contribution in [0, 0.1) is 0 Å². The van der Waals surface area contributed by atoms with Gasteiger partial charge in [0.25, 0.3) is 10.0 Å². The number of anilines is 1. The van der Waals surface area contributed by atoms with E-state index in [0.29, 0.717) is 28.3 Å². The van der Waals surface area contributed by atoms with Crippen LogP contribution in [0.1, 0.15) is 5.56 Å². The average molecular weight is 574 g/mol. The van der Waals surface area contributed by atoms with Gasteiger partial charge in [-0.05, 0) is 41.5 Å². The van der Waals surface area contributed by atoms with Crippen molar-refractivity contribution in [2.24, 2.45) is 0 Å². The first-order chi connectivity index (χ1) is 19.7. The topological polar surface area (TPSA) is 134 Å². The number of carbonyl (C=O) groups is 2. The van der Waals surface area contributed by atoms with E-state index in [1.807, 2.05) is 22.9 Å². The van der Waals surface area contributed by atoms with Gasteiger partial charge in [-0.15, -0.1) is 0 Å². The maximum Gasteiger partial charge on any atom is 0.329 e. The molecule has 3 amide bonds. The van der Waals surface area contributed by atoms with E-state index in [1.54, 1.807) is 61.6 Å². The molecule has 1 unspecified atom stereocenters. The van der Waals surface area contributed by atoms with Crippen LogP contribution in [0.3, 0.4) is 0 Å². The molecule has 1 heterocycles. The molecule has 0 saturated heterocycles. The molecule has 0 fully saturated rings. The molecule has 10 nitrogen and oxygen atoms in total. The van der Waals surface area contributed by atoms with E-state index in [4.69, 9.17) is 9.47 Å². The van der Waals surface area contributed by atoms with Crippen molar-refractivity contribution in [2.45, 2.75) is 17.4 Å². The molecule has 5 rings (SSSR count). The van der Waals surface area contributed by atoms with Crippen molar-refractivity contribution in [1.29, 1.82) is 0 Å². The Balaban J connectivity index is 1.38. The van der Waals surface area contributed by atoms with Gasteiger partial charge >= 0.3 is 6.03 Å². The van der Waals surface area contributed by atoms with Gasteiger partial charge in [0.1, 0.15) is 11.8 Å². The number of phenols is 1. The van der Waals surface area contributed by atoms with Crippen molar-refractivity contribution in [3.63, 3.8) is 0 Å². The Morgan fingerprint density at radius 3 is 2.41 bits per heavy atom. The van der Waals surface area contributed by atoms with E-state index < -0.39 is 28.0 Å². The molecule has 11 heteroatoms. The summed E-state index contributed by atoms with van der Waals surface area (Å²) in [7, 11) is -2.82. The van der Waals surface area contributed by atoms with Gasteiger partial charge in [0, 0.05) is 30.8 Å². The standard InChI is InChI=1S/C30H27N3O7S/c1-33(22-14-15-26-27(18-22)40-19-39-26)29(35)25(16-20-8-3-2-4-9-20)31-30(36)32-41(37,38)28-13-6-5-12-24(28)21-10-7-11-23(34)17-21/h2-15,17-18,25,34H,16,19H2,1H3,(H2,31,32,36). The molecule has 210 valence electrons. The second-order valence-corrected chi connectivity index (χ2v) is 11.0. The highest BCUT2D eigenvalue weighted by Gasteiger charge is 2.29. The lowest BCUT2D eigenvalue weighted by atomic mass is 10.0. The molecular formula is C30H27N3O7S. The number of nitrogens with one attached hydrogen (secondary N) is 2. The summed E-state index contributed by atoms with van der Waals surface area (Å²) in [6.45, 7) is 0.0812. The number of hydrogen-bond donors (Lipinski definition) is 3. The molecule has 0 aliphatic carbocycles. The third kappa shape index (κ3) is 6.25. The van der Waals surface area contributed by atoms with Gasteiger partial charge < -0.3 is 24.8 Å². The summed E-state index contributed by atoms with van der Waals surface area (Å²) in [6, 6.07) is 24.2. The number of carbonyl (C=O) groups excluding carboxylic acids is 2. The maximum absolute atomic E-state index is 13.6. The van der Waals surface area contributed by atoms with E-state index in [9.17, 15) is 23.1 Å². The zero-order chi connectivity index (χ0) is 29.0. The summed E-state index contributed by atoms with van der Waals surface area (Å²) < 4.78 is 39.5. The van der Waals surface area contributed by atoms with Crippen molar-refractivity contribution in [3.8, 4) is 28.4 Å². The first-order valence-corrected chi connectivity index (χ1v) is 14.1. The molecule has 4 aromatic rings. The van der Waals surface area contributed by atoms with Crippen LogP contribution in [0.2, 0.25) is 0 Å². The molecule has 0 radical (unpaired) electrons. The van der Waals surface area contributed by atoms with Crippen LogP contribution >= 0.6 is 0 Å². The highest BCUT2D eigenvalue weighted by Crippen LogP contribution is 2.35. The summed E-state index contributed by atoms with van der Waals surface area (Å²) in [5, 5.41) is 12.4. The summed E-state index contributed by atoms with van der Waals surface area (Å²) in [5.74, 6) is 0.544. The van der Waals surface area contributed by atoms with Crippen molar-refractivity contribution in [3.05, 3.63) is 103 Å². The SMILES string of the molecule is CN(C(=O)C(Cc1ccccc1)NC(=O)NS(=O)(=O)c1ccccc1-c1cccc(O)c1)c1ccc2c(c1)OCO2. The van der Waals surface area contributed by atoms with Gasteiger partial charge in [-0.25, -0.2) is 17.9 Å². The minimum Gasteiger partial charge on any atom is -0.508 e. The highest BCUT2D eigenvalue weighted by atomic mass is 32.2. The number of likely N-dealkylation sites (N-methyl/N-ethyl adjacent to an activating group) is 1. The summed E-state index contributed by atoms with van der Waals surface area (Å²) >= 11 is 0. The molecule has 41 heavy (non-hydrogen) atoms. The summed E-state index contributed by atoms with van der Waals surface area (Å²) in [5.41, 5.74) is 2.02. The summed E-state index contributed by atoms with van der Waals surface area (Å²) in [4.78, 5) is 27.9. The van der Waals surface area contributed by atoms with Crippen LogP contribution in [0.25, 0.3) is 11.1 Å². The zero-order valence-electron chi connectivity index (χ0n) is 22.0. The number of rotatable bonds is 8. The number of ether oxygens (including phenoxy) is 2. The van der Waals surface area contributed by atoms with Gasteiger partial charge in [0.2, 0.25) is 12.7 Å². The number of fused-ring (bicyclic) bond motifs is 1. The molecule has 0 saturated carbocycles.